The lowest BCUT2D eigenvalue weighted by atomic mass is 10.0. The number of ketones is 1. The summed E-state index contributed by atoms with van der Waals surface area (Å²) in [4.78, 5) is 12.2. The van der Waals surface area contributed by atoms with Crippen LogP contribution < -0.4 is 0 Å². The molecule has 0 bridgehead atoms. The summed E-state index contributed by atoms with van der Waals surface area (Å²) in [5, 5.41) is 3.79. The summed E-state index contributed by atoms with van der Waals surface area (Å²) in [5.41, 5.74) is 2.47. The van der Waals surface area contributed by atoms with Gasteiger partial charge in [-0.15, -0.1) is 0 Å². The Morgan fingerprint density at radius 1 is 1.19 bits per heavy atom. The molecule has 0 aliphatic rings. The molecule has 0 atom stereocenters. The zero-order valence-corrected chi connectivity index (χ0v) is 12.4. The van der Waals surface area contributed by atoms with Crippen molar-refractivity contribution in [3.8, 4) is 0 Å². The number of hydrogen-bond donors (Lipinski definition) is 0. The third-order valence-electron chi connectivity index (χ3n) is 2.29. The van der Waals surface area contributed by atoms with Crippen molar-refractivity contribution in [2.24, 2.45) is 0 Å². The molecule has 2 aromatic rings. The molecule has 1 heterocycles. The summed E-state index contributed by atoms with van der Waals surface area (Å²) < 4.78 is 1.86. The van der Waals surface area contributed by atoms with Crippen molar-refractivity contribution in [1.82, 2.24) is 0 Å². The Morgan fingerprint density at radius 2 is 1.94 bits per heavy atom. The molecule has 0 aliphatic carbocycles. The Bertz CT molecular complexity index is 546. The molecular weight excluding hydrogens is 352 g/mol. The van der Waals surface area contributed by atoms with E-state index in [0.717, 1.165) is 25.6 Å². The SMILES string of the molecule is Cc1cc(Br)ccc1C(=O)c1cscc1Br. The van der Waals surface area contributed by atoms with Gasteiger partial charge < -0.3 is 0 Å². The summed E-state index contributed by atoms with van der Waals surface area (Å²) in [7, 11) is 0. The molecule has 16 heavy (non-hydrogen) atoms. The van der Waals surface area contributed by atoms with Crippen molar-refractivity contribution < 1.29 is 4.79 Å². The molecule has 4 heteroatoms. The van der Waals surface area contributed by atoms with E-state index in [0.29, 0.717) is 0 Å². The number of benzene rings is 1. The topological polar surface area (TPSA) is 17.1 Å². The van der Waals surface area contributed by atoms with E-state index >= 15 is 0 Å². The average molecular weight is 360 g/mol. The van der Waals surface area contributed by atoms with Crippen LogP contribution in [-0.2, 0) is 0 Å². The van der Waals surface area contributed by atoms with E-state index in [4.69, 9.17) is 0 Å². The van der Waals surface area contributed by atoms with Gasteiger partial charge in [-0.05, 0) is 46.6 Å². The minimum Gasteiger partial charge on any atom is -0.289 e. The number of carbonyl (C=O) groups is 1. The molecule has 0 saturated carbocycles. The molecule has 0 amide bonds. The van der Waals surface area contributed by atoms with E-state index < -0.39 is 0 Å². The number of carbonyl (C=O) groups excluding carboxylic acids is 1. The Labute approximate surface area is 115 Å². The molecule has 0 saturated heterocycles. The molecule has 0 unspecified atom stereocenters. The normalized spacial score (nSPS) is 10.4. The van der Waals surface area contributed by atoms with Crippen LogP contribution in [0.15, 0.2) is 37.9 Å². The maximum absolute atomic E-state index is 12.2. The second kappa shape index (κ2) is 4.82. The molecule has 1 nitrogen and oxygen atoms in total. The van der Waals surface area contributed by atoms with Crippen LogP contribution in [0.2, 0.25) is 0 Å². The van der Waals surface area contributed by atoms with Crippen LogP contribution in [-0.4, -0.2) is 5.78 Å². The lowest BCUT2D eigenvalue weighted by Gasteiger charge is -2.04. The van der Waals surface area contributed by atoms with Gasteiger partial charge in [0.15, 0.2) is 5.78 Å². The van der Waals surface area contributed by atoms with Crippen LogP contribution in [0.5, 0.6) is 0 Å². The number of hydrogen-bond acceptors (Lipinski definition) is 2. The predicted molar refractivity (Wildman–Crippen MR) is 74.3 cm³/mol. The van der Waals surface area contributed by atoms with Gasteiger partial charge in [-0.1, -0.05) is 15.9 Å². The van der Waals surface area contributed by atoms with Gasteiger partial charge in [0, 0.05) is 30.8 Å². The van der Waals surface area contributed by atoms with Gasteiger partial charge in [-0.25, -0.2) is 0 Å². The minimum atomic E-state index is 0.0677. The van der Waals surface area contributed by atoms with Crippen LogP contribution in [0.3, 0.4) is 0 Å². The molecule has 82 valence electrons. The first-order valence-electron chi connectivity index (χ1n) is 4.62. The third kappa shape index (κ3) is 2.29. The van der Waals surface area contributed by atoms with E-state index in [1.165, 1.54) is 11.3 Å². The minimum absolute atomic E-state index is 0.0677. The van der Waals surface area contributed by atoms with E-state index in [1.54, 1.807) is 0 Å². The van der Waals surface area contributed by atoms with Gasteiger partial charge in [-0.3, -0.25) is 4.79 Å². The summed E-state index contributed by atoms with van der Waals surface area (Å²) in [6.07, 6.45) is 0. The monoisotopic (exact) mass is 358 g/mol. The van der Waals surface area contributed by atoms with Gasteiger partial charge in [0.1, 0.15) is 0 Å². The molecule has 1 aromatic carbocycles. The first kappa shape index (κ1) is 12.0. The van der Waals surface area contributed by atoms with E-state index in [2.05, 4.69) is 31.9 Å². The third-order valence-corrected chi connectivity index (χ3v) is 4.49. The fraction of sp³-hybridized carbons (Fsp3) is 0.0833. The van der Waals surface area contributed by atoms with E-state index in [1.807, 2.05) is 35.9 Å². The molecule has 0 fully saturated rings. The molecule has 0 N–H and O–H groups in total. The van der Waals surface area contributed by atoms with Crippen molar-refractivity contribution in [3.63, 3.8) is 0 Å². The highest BCUT2D eigenvalue weighted by Gasteiger charge is 2.15. The van der Waals surface area contributed by atoms with Gasteiger partial charge in [-0.2, -0.15) is 11.3 Å². The second-order valence-electron chi connectivity index (χ2n) is 3.42. The van der Waals surface area contributed by atoms with Crippen molar-refractivity contribution in [1.29, 1.82) is 0 Å². The highest BCUT2D eigenvalue weighted by Crippen LogP contribution is 2.26. The Hall–Kier alpha value is -0.450. The fourth-order valence-corrected chi connectivity index (χ4v) is 3.40. The van der Waals surface area contributed by atoms with Gasteiger partial charge in [0.05, 0.1) is 0 Å². The molecule has 0 aliphatic heterocycles. The lowest BCUT2D eigenvalue weighted by molar-refractivity contribution is 0.103. The number of aryl methyl sites for hydroxylation is 1. The molecule has 1 aromatic heterocycles. The largest absolute Gasteiger partial charge is 0.289 e. The Balaban J connectivity index is 2.46. The van der Waals surface area contributed by atoms with Crippen LogP contribution in [0, 0.1) is 6.92 Å². The van der Waals surface area contributed by atoms with E-state index in [-0.39, 0.29) is 5.78 Å². The highest BCUT2D eigenvalue weighted by atomic mass is 79.9. The van der Waals surface area contributed by atoms with Crippen molar-refractivity contribution in [2.45, 2.75) is 6.92 Å². The Morgan fingerprint density at radius 3 is 2.50 bits per heavy atom. The molecular formula is C12H8Br2OS. The quantitative estimate of drug-likeness (QED) is 0.703. The van der Waals surface area contributed by atoms with Crippen LogP contribution in [0.4, 0.5) is 0 Å². The van der Waals surface area contributed by atoms with Crippen LogP contribution in [0.1, 0.15) is 21.5 Å². The smallest absolute Gasteiger partial charge is 0.195 e. The zero-order chi connectivity index (χ0) is 11.7. The second-order valence-corrected chi connectivity index (χ2v) is 5.94. The summed E-state index contributed by atoms with van der Waals surface area (Å²) in [6.45, 7) is 1.94. The maximum atomic E-state index is 12.2. The van der Waals surface area contributed by atoms with E-state index in [9.17, 15) is 4.79 Å². The highest BCUT2D eigenvalue weighted by molar-refractivity contribution is 9.10. The number of halogens is 2. The van der Waals surface area contributed by atoms with Crippen molar-refractivity contribution >= 4 is 49.0 Å². The van der Waals surface area contributed by atoms with Gasteiger partial charge in [0.2, 0.25) is 0 Å². The zero-order valence-electron chi connectivity index (χ0n) is 8.46. The van der Waals surface area contributed by atoms with Crippen molar-refractivity contribution in [2.75, 3.05) is 0 Å². The number of thiophene rings is 1. The average Bonchev–Trinajstić information content (AvgIpc) is 2.63. The first-order chi connectivity index (χ1) is 7.59. The predicted octanol–water partition coefficient (Wildman–Crippen LogP) is 4.81. The molecule has 0 spiro atoms. The van der Waals surface area contributed by atoms with Gasteiger partial charge in [0.25, 0.3) is 0 Å². The van der Waals surface area contributed by atoms with Crippen molar-refractivity contribution in [3.05, 3.63) is 54.6 Å². The summed E-state index contributed by atoms with van der Waals surface area (Å²) >= 11 is 8.29. The maximum Gasteiger partial charge on any atom is 0.195 e. The Kier molecular flexibility index (Phi) is 3.62. The molecule has 2 rings (SSSR count). The fourth-order valence-electron chi connectivity index (χ4n) is 1.47. The molecule has 0 radical (unpaired) electrons. The van der Waals surface area contributed by atoms with Crippen LogP contribution in [0.25, 0.3) is 0 Å². The van der Waals surface area contributed by atoms with Gasteiger partial charge >= 0.3 is 0 Å². The summed E-state index contributed by atoms with van der Waals surface area (Å²) in [5.74, 6) is 0.0677. The standard InChI is InChI=1S/C12H8Br2OS/c1-7-4-8(13)2-3-9(7)12(15)10-5-16-6-11(10)14/h2-6H,1H3. The van der Waals surface area contributed by atoms with Crippen LogP contribution >= 0.6 is 43.2 Å². The number of rotatable bonds is 2. The lowest BCUT2D eigenvalue weighted by Crippen LogP contribution is -2.02. The summed E-state index contributed by atoms with van der Waals surface area (Å²) in [6, 6.07) is 5.69. The first-order valence-corrected chi connectivity index (χ1v) is 7.15.